The molecule has 0 atom stereocenters. The molecule has 0 aliphatic heterocycles. The molecule has 0 N–H and O–H groups in total. The van der Waals surface area contributed by atoms with E-state index in [0.717, 1.165) is 6.42 Å². The van der Waals surface area contributed by atoms with Crippen LogP contribution in [0.25, 0.3) is 21.5 Å². The van der Waals surface area contributed by atoms with E-state index in [9.17, 15) is 0 Å². The quantitative estimate of drug-likeness (QED) is 0.201. The van der Waals surface area contributed by atoms with E-state index in [-0.39, 0.29) is 35.6 Å². The van der Waals surface area contributed by atoms with E-state index < -0.39 is 0 Å². The maximum absolute atomic E-state index is 3.16. The summed E-state index contributed by atoms with van der Waals surface area (Å²) in [5, 5.41) is 5.48. The fourth-order valence-corrected chi connectivity index (χ4v) is 6.07. The Morgan fingerprint density at radius 1 is 0.587 bits per heavy atom. The Balaban J connectivity index is 0.000000256. The van der Waals surface area contributed by atoms with Gasteiger partial charge in [0.1, 0.15) is 0 Å². The van der Waals surface area contributed by atoms with Crippen molar-refractivity contribution in [3.8, 4) is 0 Å². The molecule has 5 aromatic carbocycles. The van der Waals surface area contributed by atoms with Gasteiger partial charge in [-0.1, -0.05) is 103 Å². The summed E-state index contributed by atoms with van der Waals surface area (Å²) in [5.41, 5.74) is 7.62. The number of benzene rings is 4. The zero-order chi connectivity index (χ0) is 32.1. The average Bonchev–Trinajstić information content (AvgIpc) is 3.66. The zero-order valence-corrected chi connectivity index (χ0v) is 32.9. The summed E-state index contributed by atoms with van der Waals surface area (Å²) in [4.78, 5) is 0. The van der Waals surface area contributed by atoms with Gasteiger partial charge in [0.05, 0.1) is 0 Å². The molecule has 0 radical (unpaired) electrons. The van der Waals surface area contributed by atoms with Crippen LogP contribution in [0.15, 0.2) is 121 Å². The third-order valence-corrected chi connectivity index (χ3v) is 9.54. The summed E-state index contributed by atoms with van der Waals surface area (Å²) in [6, 6.07) is 37.3. The molecule has 0 bridgehead atoms. The maximum atomic E-state index is 3.16. The molecule has 0 aromatic heterocycles. The first kappa shape index (κ1) is 39.7. The van der Waals surface area contributed by atoms with Crippen LogP contribution in [-0.2, 0) is 35.1 Å². The SMILES string of the molecule is CC(C)(C)C1=CC[C-]=C1.CC(C)(C)c1ccc2c(c1)[cH-]c1cc(C(C)(C)C)ccc12.[Cl-].[Cl-].[Zr+2]=[C](c1ccccc1)c1ccccc1. The van der Waals surface area contributed by atoms with Gasteiger partial charge in [-0.05, 0) is 10.8 Å². The van der Waals surface area contributed by atoms with Gasteiger partial charge in [0.25, 0.3) is 0 Å². The number of hydrogen-bond acceptors (Lipinski definition) is 0. The molecule has 0 unspecified atom stereocenters. The van der Waals surface area contributed by atoms with Crippen LogP contribution in [0.5, 0.6) is 0 Å². The van der Waals surface area contributed by atoms with Crippen LogP contribution in [0.4, 0.5) is 0 Å². The third kappa shape index (κ3) is 10.5. The van der Waals surface area contributed by atoms with Crippen LogP contribution in [0.1, 0.15) is 91.0 Å². The molecule has 0 heterocycles. The van der Waals surface area contributed by atoms with Crippen molar-refractivity contribution in [3.05, 3.63) is 149 Å². The summed E-state index contributed by atoms with van der Waals surface area (Å²) < 4.78 is 1.42. The van der Waals surface area contributed by atoms with Crippen molar-refractivity contribution in [2.24, 2.45) is 5.41 Å². The van der Waals surface area contributed by atoms with Crippen molar-refractivity contribution in [3.63, 3.8) is 0 Å². The van der Waals surface area contributed by atoms with Gasteiger partial charge in [0.15, 0.2) is 0 Å². The van der Waals surface area contributed by atoms with Gasteiger partial charge < -0.3 is 24.8 Å². The molecular weight excluding hydrogens is 679 g/mol. The molecular formula is C43H48Cl2Zr-2. The van der Waals surface area contributed by atoms with E-state index in [4.69, 9.17) is 0 Å². The second-order valence-electron chi connectivity index (χ2n) is 14.8. The minimum absolute atomic E-state index is 0. The van der Waals surface area contributed by atoms with Crippen LogP contribution in [0.3, 0.4) is 0 Å². The summed E-state index contributed by atoms with van der Waals surface area (Å²) in [6.45, 7) is 20.3. The van der Waals surface area contributed by atoms with E-state index >= 15 is 0 Å². The number of rotatable bonds is 2. The Labute approximate surface area is 305 Å². The third-order valence-electron chi connectivity index (χ3n) is 8.12. The van der Waals surface area contributed by atoms with Gasteiger partial charge in [-0.15, -0.1) is 46.2 Å². The van der Waals surface area contributed by atoms with E-state index in [1.165, 1.54) is 76.8 Å². The molecule has 1 aliphatic rings. The zero-order valence-electron chi connectivity index (χ0n) is 28.9. The predicted octanol–water partition coefficient (Wildman–Crippen LogP) is 5.84. The van der Waals surface area contributed by atoms with Crippen molar-refractivity contribution in [2.75, 3.05) is 0 Å². The Hall–Kier alpha value is -2.44. The van der Waals surface area contributed by atoms with Gasteiger partial charge in [0, 0.05) is 0 Å². The predicted molar refractivity (Wildman–Crippen MR) is 191 cm³/mol. The first-order chi connectivity index (χ1) is 20.6. The van der Waals surface area contributed by atoms with Crippen molar-refractivity contribution in [2.45, 2.75) is 79.6 Å². The summed E-state index contributed by atoms with van der Waals surface area (Å²) in [6.07, 6.45) is 8.50. The Morgan fingerprint density at radius 2 is 1.00 bits per heavy atom. The van der Waals surface area contributed by atoms with E-state index in [0.29, 0.717) is 5.41 Å². The monoisotopic (exact) mass is 724 g/mol. The topological polar surface area (TPSA) is 0 Å². The van der Waals surface area contributed by atoms with Gasteiger partial charge in [-0.25, -0.2) is 6.08 Å². The van der Waals surface area contributed by atoms with Crippen LogP contribution in [0.2, 0.25) is 0 Å². The molecule has 240 valence electrons. The van der Waals surface area contributed by atoms with Crippen molar-refractivity contribution >= 4 is 24.8 Å². The second kappa shape index (κ2) is 16.6. The van der Waals surface area contributed by atoms with Gasteiger partial charge in [0.2, 0.25) is 0 Å². The van der Waals surface area contributed by atoms with E-state index in [1.54, 1.807) is 0 Å². The average molecular weight is 727 g/mol. The van der Waals surface area contributed by atoms with E-state index in [1.807, 2.05) is 0 Å². The Kier molecular flexibility index (Phi) is 14.3. The normalized spacial score (nSPS) is 12.6. The van der Waals surface area contributed by atoms with Crippen LogP contribution < -0.4 is 24.8 Å². The summed E-state index contributed by atoms with van der Waals surface area (Å²) in [5.74, 6) is 0. The van der Waals surface area contributed by atoms with Gasteiger partial charge in [-0.2, -0.15) is 11.6 Å². The summed E-state index contributed by atoms with van der Waals surface area (Å²) >= 11 is 1.46. The molecule has 0 nitrogen and oxygen atoms in total. The second-order valence-corrected chi connectivity index (χ2v) is 16.0. The standard InChI is InChI=1S/C21H25.C13H10.C9H13.2ClH.Zr/c1-20(2,3)16-7-9-18-14(12-16)11-15-13-17(21(4,5)6)8-10-19(15)18;1-3-7-12(8-4-1)11-13-9-5-2-6-10-13;1-9(2,3)8-6-4-5-7-8;;;/h7-13H,1-6H3;1-10H;6-7H,4H2,1-3H3;2*1H;/q-1;;-1;;;+2/p-2. The van der Waals surface area contributed by atoms with Crippen molar-refractivity contribution < 1.29 is 49.0 Å². The molecule has 0 saturated heterocycles. The number of halogens is 2. The molecule has 0 saturated carbocycles. The number of hydrogen-bond donors (Lipinski definition) is 0. The molecule has 6 rings (SSSR count). The fraction of sp³-hybridized carbons (Fsp3) is 0.302. The van der Waals surface area contributed by atoms with E-state index in [2.05, 4.69) is 184 Å². The molecule has 5 aromatic rings. The first-order valence-corrected chi connectivity index (χ1v) is 17.0. The van der Waals surface area contributed by atoms with Gasteiger partial charge in [-0.3, -0.25) is 6.08 Å². The molecule has 46 heavy (non-hydrogen) atoms. The first-order valence-electron chi connectivity index (χ1n) is 15.8. The van der Waals surface area contributed by atoms with Crippen molar-refractivity contribution in [1.29, 1.82) is 0 Å². The van der Waals surface area contributed by atoms with Gasteiger partial charge >= 0.3 is 99.2 Å². The number of allylic oxidation sites excluding steroid dienone is 4. The van der Waals surface area contributed by atoms with Crippen molar-refractivity contribution in [1.82, 2.24) is 0 Å². The number of fused-ring (bicyclic) bond motifs is 3. The molecule has 0 amide bonds. The van der Waals surface area contributed by atoms with Crippen LogP contribution in [-0.4, -0.2) is 3.21 Å². The minimum atomic E-state index is 0. The molecule has 0 fully saturated rings. The Morgan fingerprint density at radius 3 is 1.30 bits per heavy atom. The molecule has 0 spiro atoms. The Bertz CT molecular complexity index is 1660. The fourth-order valence-electron chi connectivity index (χ4n) is 5.25. The summed E-state index contributed by atoms with van der Waals surface area (Å²) in [7, 11) is 0. The molecule has 1 aliphatic carbocycles. The van der Waals surface area contributed by atoms with Crippen LogP contribution in [0, 0.1) is 11.5 Å². The van der Waals surface area contributed by atoms with Crippen LogP contribution >= 0.6 is 0 Å². The molecule has 3 heteroatoms.